The predicted molar refractivity (Wildman–Crippen MR) is 70.6 cm³/mol. The second kappa shape index (κ2) is 4.92. The van der Waals surface area contributed by atoms with Crippen molar-refractivity contribution in [1.82, 2.24) is 0 Å². The van der Waals surface area contributed by atoms with Gasteiger partial charge in [-0.05, 0) is 24.5 Å². The number of anilines is 1. The lowest BCUT2D eigenvalue weighted by Gasteiger charge is -2.28. The number of hydrogen-bond donors (Lipinski definition) is 1. The Bertz CT molecular complexity index is 427. The van der Waals surface area contributed by atoms with E-state index < -0.39 is 4.92 Å². The zero-order chi connectivity index (χ0) is 13.2. The van der Waals surface area contributed by atoms with Crippen molar-refractivity contribution in [3.8, 4) is 0 Å². The molecule has 0 aliphatic heterocycles. The van der Waals surface area contributed by atoms with Crippen molar-refractivity contribution in [3.63, 3.8) is 0 Å². The van der Waals surface area contributed by atoms with E-state index in [1.54, 1.807) is 6.07 Å². The molecule has 0 radical (unpaired) electrons. The van der Waals surface area contributed by atoms with Crippen molar-refractivity contribution in [2.45, 2.75) is 33.7 Å². The number of rotatable bonds is 3. The molecule has 0 aromatic heterocycles. The average Bonchev–Trinajstić information content (AvgIpc) is 2.15. The molecular weight excluding hydrogens is 240 g/mol. The molecule has 0 saturated heterocycles. The summed E-state index contributed by atoms with van der Waals surface area (Å²) in [7, 11) is 0. The minimum absolute atomic E-state index is 0.0101. The maximum absolute atomic E-state index is 10.9. The highest BCUT2D eigenvalue weighted by molar-refractivity contribution is 6.31. The Kier molecular flexibility index (Phi) is 3.98. The van der Waals surface area contributed by atoms with Gasteiger partial charge in [-0.15, -0.1) is 0 Å². The SMILES string of the molecule is CC(Nc1cc(Cl)ccc1[N+](=O)[O-])C(C)(C)C. The standard InChI is InChI=1S/C12H17ClN2O2/c1-8(12(2,3)4)14-10-7-9(13)5-6-11(10)15(16)17/h5-8,14H,1-4H3. The second-order valence-corrected chi connectivity index (χ2v) is 5.59. The van der Waals surface area contributed by atoms with E-state index in [9.17, 15) is 10.1 Å². The molecular formula is C12H17ClN2O2. The third-order valence-electron chi connectivity index (χ3n) is 2.83. The van der Waals surface area contributed by atoms with E-state index in [0.29, 0.717) is 10.7 Å². The summed E-state index contributed by atoms with van der Waals surface area (Å²) in [6, 6.07) is 4.62. The molecule has 1 aromatic rings. The van der Waals surface area contributed by atoms with Crippen molar-refractivity contribution in [2.24, 2.45) is 5.41 Å². The van der Waals surface area contributed by atoms with Gasteiger partial charge >= 0.3 is 0 Å². The maximum Gasteiger partial charge on any atom is 0.292 e. The molecule has 1 atom stereocenters. The molecule has 1 aromatic carbocycles. The number of benzene rings is 1. The monoisotopic (exact) mass is 256 g/mol. The smallest absolute Gasteiger partial charge is 0.292 e. The Labute approximate surface area is 106 Å². The molecule has 0 spiro atoms. The molecule has 4 nitrogen and oxygen atoms in total. The normalized spacial score (nSPS) is 13.2. The van der Waals surface area contributed by atoms with Crippen molar-refractivity contribution in [2.75, 3.05) is 5.32 Å². The molecule has 17 heavy (non-hydrogen) atoms. The minimum atomic E-state index is -0.409. The van der Waals surface area contributed by atoms with E-state index in [0.717, 1.165) is 0 Å². The highest BCUT2D eigenvalue weighted by atomic mass is 35.5. The van der Waals surface area contributed by atoms with Gasteiger partial charge in [-0.2, -0.15) is 0 Å². The zero-order valence-electron chi connectivity index (χ0n) is 10.5. The highest BCUT2D eigenvalue weighted by Crippen LogP contribution is 2.31. The number of halogens is 1. The summed E-state index contributed by atoms with van der Waals surface area (Å²) < 4.78 is 0. The topological polar surface area (TPSA) is 55.2 Å². The average molecular weight is 257 g/mol. The van der Waals surface area contributed by atoms with E-state index in [1.165, 1.54) is 12.1 Å². The van der Waals surface area contributed by atoms with Crippen LogP contribution in [0.25, 0.3) is 0 Å². The summed E-state index contributed by atoms with van der Waals surface area (Å²) in [6.07, 6.45) is 0. The lowest BCUT2D eigenvalue weighted by Crippen LogP contribution is -2.31. The van der Waals surface area contributed by atoms with Gasteiger partial charge < -0.3 is 5.32 Å². The van der Waals surface area contributed by atoms with Crippen LogP contribution < -0.4 is 5.32 Å². The van der Waals surface area contributed by atoms with Crippen LogP contribution in [0.15, 0.2) is 18.2 Å². The van der Waals surface area contributed by atoms with Crippen LogP contribution in [0.4, 0.5) is 11.4 Å². The molecule has 1 N–H and O–H groups in total. The number of nitro benzene ring substituents is 1. The fourth-order valence-corrected chi connectivity index (χ4v) is 1.40. The van der Waals surface area contributed by atoms with Crippen LogP contribution in [0.3, 0.4) is 0 Å². The Morgan fingerprint density at radius 3 is 2.47 bits per heavy atom. The minimum Gasteiger partial charge on any atom is -0.376 e. The Morgan fingerprint density at radius 1 is 1.41 bits per heavy atom. The summed E-state index contributed by atoms with van der Waals surface area (Å²) in [5.41, 5.74) is 0.520. The van der Waals surface area contributed by atoms with Gasteiger partial charge in [-0.3, -0.25) is 10.1 Å². The number of nitro groups is 1. The summed E-state index contributed by atoms with van der Waals surface area (Å²) in [4.78, 5) is 10.5. The first-order valence-electron chi connectivity index (χ1n) is 5.42. The van der Waals surface area contributed by atoms with E-state index in [-0.39, 0.29) is 17.1 Å². The first-order valence-corrected chi connectivity index (χ1v) is 5.80. The van der Waals surface area contributed by atoms with Gasteiger partial charge in [0.25, 0.3) is 5.69 Å². The van der Waals surface area contributed by atoms with Gasteiger partial charge in [0, 0.05) is 17.1 Å². The number of hydrogen-bond acceptors (Lipinski definition) is 3. The molecule has 0 heterocycles. The molecule has 94 valence electrons. The third kappa shape index (κ3) is 3.60. The van der Waals surface area contributed by atoms with Crippen molar-refractivity contribution < 1.29 is 4.92 Å². The molecule has 0 aliphatic rings. The number of nitrogens with one attached hydrogen (secondary N) is 1. The Morgan fingerprint density at radius 2 is 2.00 bits per heavy atom. The molecule has 0 aliphatic carbocycles. The van der Waals surface area contributed by atoms with Crippen LogP contribution in [-0.2, 0) is 0 Å². The molecule has 0 saturated carbocycles. The quantitative estimate of drug-likeness (QED) is 0.654. The fourth-order valence-electron chi connectivity index (χ4n) is 1.23. The summed E-state index contributed by atoms with van der Waals surface area (Å²) in [5, 5.41) is 14.5. The van der Waals surface area contributed by atoms with E-state index in [4.69, 9.17) is 11.6 Å². The Hall–Kier alpha value is -1.29. The molecule has 0 fully saturated rings. The fraction of sp³-hybridized carbons (Fsp3) is 0.500. The highest BCUT2D eigenvalue weighted by Gasteiger charge is 2.23. The van der Waals surface area contributed by atoms with Gasteiger partial charge in [0.1, 0.15) is 5.69 Å². The van der Waals surface area contributed by atoms with Crippen molar-refractivity contribution >= 4 is 23.0 Å². The van der Waals surface area contributed by atoms with E-state index in [2.05, 4.69) is 26.1 Å². The van der Waals surface area contributed by atoms with Crippen LogP contribution in [0.5, 0.6) is 0 Å². The predicted octanol–water partition coefficient (Wildman–Crippen LogP) is 4.09. The number of nitrogens with zero attached hydrogens (tertiary/aromatic N) is 1. The van der Waals surface area contributed by atoms with E-state index in [1.807, 2.05) is 6.92 Å². The van der Waals surface area contributed by atoms with Crippen molar-refractivity contribution in [1.29, 1.82) is 0 Å². The summed E-state index contributed by atoms with van der Waals surface area (Å²) in [5.74, 6) is 0. The lowest BCUT2D eigenvalue weighted by molar-refractivity contribution is -0.384. The summed E-state index contributed by atoms with van der Waals surface area (Å²) in [6.45, 7) is 8.20. The lowest BCUT2D eigenvalue weighted by atomic mass is 9.88. The second-order valence-electron chi connectivity index (χ2n) is 5.15. The molecule has 5 heteroatoms. The molecule has 1 unspecified atom stereocenters. The van der Waals surface area contributed by atoms with Gasteiger partial charge in [0.15, 0.2) is 0 Å². The zero-order valence-corrected chi connectivity index (χ0v) is 11.2. The first kappa shape index (κ1) is 13.8. The van der Waals surface area contributed by atoms with Gasteiger partial charge in [0.2, 0.25) is 0 Å². The van der Waals surface area contributed by atoms with Crippen LogP contribution in [0, 0.1) is 15.5 Å². The Balaban J connectivity index is 3.04. The van der Waals surface area contributed by atoms with E-state index >= 15 is 0 Å². The van der Waals surface area contributed by atoms with Crippen LogP contribution in [0.1, 0.15) is 27.7 Å². The van der Waals surface area contributed by atoms with Crippen molar-refractivity contribution in [3.05, 3.63) is 33.3 Å². The van der Waals surface area contributed by atoms with Gasteiger partial charge in [-0.1, -0.05) is 32.4 Å². The maximum atomic E-state index is 10.9. The van der Waals surface area contributed by atoms with Crippen LogP contribution >= 0.6 is 11.6 Å². The van der Waals surface area contributed by atoms with Crippen LogP contribution in [0.2, 0.25) is 5.02 Å². The molecule has 0 amide bonds. The third-order valence-corrected chi connectivity index (χ3v) is 3.06. The first-order chi connectivity index (χ1) is 7.71. The van der Waals surface area contributed by atoms with Gasteiger partial charge in [0.05, 0.1) is 4.92 Å². The largest absolute Gasteiger partial charge is 0.376 e. The molecule has 1 rings (SSSR count). The molecule has 0 bridgehead atoms. The van der Waals surface area contributed by atoms with Crippen LogP contribution in [-0.4, -0.2) is 11.0 Å². The summed E-state index contributed by atoms with van der Waals surface area (Å²) >= 11 is 5.86. The van der Waals surface area contributed by atoms with Gasteiger partial charge in [-0.25, -0.2) is 0 Å².